The van der Waals surface area contributed by atoms with E-state index in [0.29, 0.717) is 24.4 Å². The molecule has 2 heterocycles. The lowest BCUT2D eigenvalue weighted by molar-refractivity contribution is -0.325. The molecule has 3 aromatic rings. The Morgan fingerprint density at radius 3 is 2.67 bits per heavy atom. The van der Waals surface area contributed by atoms with Gasteiger partial charge in [0.15, 0.2) is 0 Å². The van der Waals surface area contributed by atoms with Crippen molar-refractivity contribution in [1.82, 2.24) is 20.5 Å². The Balaban J connectivity index is 1.25. The van der Waals surface area contributed by atoms with Gasteiger partial charge < -0.3 is 14.5 Å². The van der Waals surface area contributed by atoms with Crippen LogP contribution >= 0.6 is 0 Å². The van der Waals surface area contributed by atoms with Crippen molar-refractivity contribution in [2.24, 2.45) is 0 Å². The van der Waals surface area contributed by atoms with E-state index in [2.05, 4.69) is 25.2 Å². The molecule has 1 amide bonds. The predicted octanol–water partition coefficient (Wildman–Crippen LogP) is 4.30. The van der Waals surface area contributed by atoms with Crippen molar-refractivity contribution in [2.75, 3.05) is 13.2 Å². The fraction of sp³-hybridized carbons (Fsp3) is 0.455. The monoisotopic (exact) mass is 464 g/mol. The van der Waals surface area contributed by atoms with Gasteiger partial charge in [0.25, 0.3) is 5.91 Å². The second-order valence-electron chi connectivity index (χ2n) is 7.96. The number of nitrogens with one attached hydrogen (secondary N) is 1. The summed E-state index contributed by atoms with van der Waals surface area (Å²) >= 11 is 0. The number of nitrogens with zero attached hydrogens (tertiary/aromatic N) is 3. The number of amides is 1. The summed E-state index contributed by atoms with van der Waals surface area (Å²) < 4.78 is 49.9. The van der Waals surface area contributed by atoms with E-state index in [1.807, 2.05) is 31.2 Å². The first-order valence-corrected chi connectivity index (χ1v) is 10.6. The second-order valence-corrected chi connectivity index (χ2v) is 7.96. The van der Waals surface area contributed by atoms with Crippen molar-refractivity contribution in [3.63, 3.8) is 0 Å². The smallest absolute Gasteiger partial charge is 0.447 e. The second kappa shape index (κ2) is 9.74. The van der Waals surface area contributed by atoms with E-state index in [1.54, 1.807) is 6.07 Å². The molecule has 0 bridgehead atoms. The van der Waals surface area contributed by atoms with Gasteiger partial charge in [-0.2, -0.15) is 0 Å². The highest BCUT2D eigenvalue weighted by Gasteiger charge is 2.29. The van der Waals surface area contributed by atoms with Gasteiger partial charge in [-0.1, -0.05) is 22.8 Å². The summed E-state index contributed by atoms with van der Waals surface area (Å²) in [6.45, 7) is 0.978. The molecule has 0 unspecified atom stereocenters. The number of halogens is 3. The highest BCUT2D eigenvalue weighted by Crippen LogP contribution is 2.33. The number of pyridine rings is 1. The lowest BCUT2D eigenvalue weighted by Gasteiger charge is -2.27. The fourth-order valence-electron chi connectivity index (χ4n) is 3.85. The van der Waals surface area contributed by atoms with Crippen LogP contribution in [-0.2, 0) is 4.74 Å². The van der Waals surface area contributed by atoms with E-state index in [-0.39, 0.29) is 30.6 Å². The van der Waals surface area contributed by atoms with Crippen LogP contribution in [0.2, 0.25) is 0 Å². The molecular weight excluding hydrogens is 441 g/mol. The number of hydrogen-bond donors (Lipinski definition) is 1. The molecule has 8 nitrogen and oxygen atoms in total. The third kappa shape index (κ3) is 6.19. The average molecular weight is 464 g/mol. The van der Waals surface area contributed by atoms with Crippen molar-refractivity contribution in [1.29, 1.82) is 0 Å². The number of benzene rings is 1. The Hall–Kier alpha value is -3.21. The van der Waals surface area contributed by atoms with E-state index in [9.17, 15) is 18.0 Å². The van der Waals surface area contributed by atoms with E-state index >= 15 is 0 Å². The van der Waals surface area contributed by atoms with Gasteiger partial charge in [-0.05, 0) is 50.8 Å². The maximum Gasteiger partial charge on any atom is 0.522 e. The summed E-state index contributed by atoms with van der Waals surface area (Å²) in [5.41, 5.74) is 2.28. The molecule has 0 spiro atoms. The van der Waals surface area contributed by atoms with Crippen LogP contribution in [0.25, 0.3) is 10.9 Å². The minimum absolute atomic E-state index is 0.00224. The predicted molar refractivity (Wildman–Crippen MR) is 111 cm³/mol. The van der Waals surface area contributed by atoms with Gasteiger partial charge in [-0.3, -0.25) is 9.53 Å². The zero-order chi connectivity index (χ0) is 23.4. The normalized spacial score (nSPS) is 18.9. The first-order chi connectivity index (χ1) is 15.8. The lowest BCUT2D eigenvalue weighted by atomic mass is 9.86. The van der Waals surface area contributed by atoms with Crippen LogP contribution < -0.4 is 10.1 Å². The Kier molecular flexibility index (Phi) is 6.77. The highest BCUT2D eigenvalue weighted by molar-refractivity contribution is 5.95. The SMILES string of the molecule is Cc1ccc2nc(C(=O)NC3CCC(c4nnc(OCCOC(F)(F)F)o4)CC3)ccc2c1. The summed E-state index contributed by atoms with van der Waals surface area (Å²) in [6.07, 6.45) is -2.02. The number of aromatic nitrogens is 3. The largest absolute Gasteiger partial charge is 0.522 e. The minimum Gasteiger partial charge on any atom is -0.447 e. The molecule has 176 valence electrons. The Morgan fingerprint density at radius 1 is 1.12 bits per heavy atom. The minimum atomic E-state index is -4.71. The van der Waals surface area contributed by atoms with Crippen LogP contribution in [-0.4, -0.2) is 46.7 Å². The van der Waals surface area contributed by atoms with Gasteiger partial charge in [-0.15, -0.1) is 18.3 Å². The van der Waals surface area contributed by atoms with Crippen molar-refractivity contribution in [3.05, 3.63) is 47.5 Å². The molecule has 33 heavy (non-hydrogen) atoms. The zero-order valence-corrected chi connectivity index (χ0v) is 17.9. The number of fused-ring (bicyclic) bond motifs is 1. The molecule has 11 heteroatoms. The Labute approximate surface area is 187 Å². The summed E-state index contributed by atoms with van der Waals surface area (Å²) in [5, 5.41) is 11.7. The number of alkyl halides is 3. The van der Waals surface area contributed by atoms with Gasteiger partial charge in [0.05, 0.1) is 12.1 Å². The summed E-state index contributed by atoms with van der Waals surface area (Å²) in [6, 6.07) is 9.51. The average Bonchev–Trinajstić information content (AvgIpc) is 3.25. The van der Waals surface area contributed by atoms with Gasteiger partial charge in [0.2, 0.25) is 5.89 Å². The third-order valence-electron chi connectivity index (χ3n) is 5.49. The van der Waals surface area contributed by atoms with Gasteiger partial charge in [-0.25, -0.2) is 4.98 Å². The number of carbonyl (C=O) groups is 1. The van der Waals surface area contributed by atoms with Gasteiger partial charge >= 0.3 is 12.4 Å². The van der Waals surface area contributed by atoms with Crippen molar-refractivity contribution >= 4 is 16.8 Å². The van der Waals surface area contributed by atoms with E-state index in [0.717, 1.165) is 29.3 Å². The quantitative estimate of drug-likeness (QED) is 0.521. The molecule has 2 aromatic heterocycles. The van der Waals surface area contributed by atoms with Crippen LogP contribution in [0.4, 0.5) is 13.2 Å². The Bertz CT molecular complexity index is 1110. The highest BCUT2D eigenvalue weighted by atomic mass is 19.4. The number of hydrogen-bond acceptors (Lipinski definition) is 7. The van der Waals surface area contributed by atoms with Crippen molar-refractivity contribution < 1.29 is 31.9 Å². The van der Waals surface area contributed by atoms with Crippen LogP contribution in [0.5, 0.6) is 6.08 Å². The van der Waals surface area contributed by atoms with Gasteiger partial charge in [0, 0.05) is 17.3 Å². The Morgan fingerprint density at radius 2 is 1.91 bits per heavy atom. The first kappa shape index (κ1) is 23.0. The van der Waals surface area contributed by atoms with Crippen LogP contribution in [0.1, 0.15) is 53.5 Å². The summed E-state index contributed by atoms with van der Waals surface area (Å²) in [4.78, 5) is 17.1. The molecule has 1 fully saturated rings. The van der Waals surface area contributed by atoms with Crippen LogP contribution in [0.15, 0.2) is 34.7 Å². The third-order valence-corrected chi connectivity index (χ3v) is 5.49. The number of ether oxygens (including phenoxy) is 2. The maximum absolute atomic E-state index is 12.7. The van der Waals surface area contributed by atoms with E-state index in [1.165, 1.54) is 0 Å². The molecule has 1 aliphatic rings. The fourth-order valence-corrected chi connectivity index (χ4v) is 3.85. The summed E-state index contributed by atoms with van der Waals surface area (Å²) in [5.74, 6) is 0.157. The number of aryl methyl sites for hydroxylation is 1. The number of rotatable bonds is 7. The molecular formula is C22H23F3N4O4. The lowest BCUT2D eigenvalue weighted by Crippen LogP contribution is -2.37. The molecule has 0 atom stereocenters. The molecule has 4 rings (SSSR count). The molecule has 0 radical (unpaired) electrons. The molecule has 0 saturated heterocycles. The van der Waals surface area contributed by atoms with E-state index in [4.69, 9.17) is 9.15 Å². The standard InChI is InChI=1S/C22H23F3N4O4/c1-13-2-8-17-15(12-13)5-9-18(27-17)19(30)26-16-6-3-14(4-7-16)20-28-29-21(33-20)31-10-11-32-22(23,24)25/h2,5,8-9,12,14,16H,3-4,6-7,10-11H2,1H3,(H,26,30). The molecule has 1 N–H and O–H groups in total. The maximum atomic E-state index is 12.7. The molecule has 1 aliphatic carbocycles. The molecule has 1 saturated carbocycles. The zero-order valence-electron chi connectivity index (χ0n) is 17.9. The first-order valence-electron chi connectivity index (χ1n) is 10.6. The molecule has 1 aromatic carbocycles. The van der Waals surface area contributed by atoms with Crippen molar-refractivity contribution in [3.8, 4) is 6.08 Å². The topological polar surface area (TPSA) is 99.4 Å². The van der Waals surface area contributed by atoms with Gasteiger partial charge in [0.1, 0.15) is 12.3 Å². The van der Waals surface area contributed by atoms with Crippen molar-refractivity contribution in [2.45, 2.75) is 50.9 Å². The van der Waals surface area contributed by atoms with Crippen LogP contribution in [0.3, 0.4) is 0 Å². The summed E-state index contributed by atoms with van der Waals surface area (Å²) in [7, 11) is 0. The van der Waals surface area contributed by atoms with E-state index < -0.39 is 13.0 Å². The molecule has 0 aliphatic heterocycles. The number of carbonyl (C=O) groups excluding carboxylic acids is 1. The van der Waals surface area contributed by atoms with Crippen LogP contribution in [0, 0.1) is 6.92 Å².